The largest absolute Gasteiger partial charge is 0.468 e. The van der Waals surface area contributed by atoms with Gasteiger partial charge in [0.05, 0.1) is 12.8 Å². The molecule has 1 aromatic rings. The Labute approximate surface area is 92.7 Å². The predicted molar refractivity (Wildman–Crippen MR) is 58.1 cm³/mol. The van der Waals surface area contributed by atoms with Crippen LogP contribution in [0.25, 0.3) is 0 Å². The molecule has 7 nitrogen and oxygen atoms in total. The molecule has 1 rings (SSSR count). The molecule has 0 amide bonds. The molecule has 0 atom stereocenters. The van der Waals surface area contributed by atoms with Gasteiger partial charge >= 0.3 is 5.97 Å². The molecule has 3 N–H and O–H groups in total. The van der Waals surface area contributed by atoms with Crippen LogP contribution in [0.4, 0.5) is 11.5 Å². The van der Waals surface area contributed by atoms with Crippen LogP contribution < -0.4 is 10.5 Å². The summed E-state index contributed by atoms with van der Waals surface area (Å²) >= 11 is 0. The van der Waals surface area contributed by atoms with Crippen LogP contribution in [0.1, 0.15) is 0 Å². The average molecular weight is 245 g/mol. The van der Waals surface area contributed by atoms with Gasteiger partial charge in [-0.05, 0) is 12.1 Å². The van der Waals surface area contributed by atoms with Crippen LogP contribution in [0.2, 0.25) is 0 Å². The summed E-state index contributed by atoms with van der Waals surface area (Å²) in [4.78, 5) is 14.5. The van der Waals surface area contributed by atoms with E-state index in [4.69, 9.17) is 5.73 Å². The van der Waals surface area contributed by atoms with E-state index in [1.807, 2.05) is 0 Å². The molecule has 8 heteroatoms. The number of esters is 1. The lowest BCUT2D eigenvalue weighted by atomic mass is 10.4. The number of rotatable bonds is 4. The van der Waals surface area contributed by atoms with Crippen molar-refractivity contribution in [3.8, 4) is 0 Å². The molecule has 0 bridgehead atoms. The van der Waals surface area contributed by atoms with E-state index in [2.05, 4.69) is 14.4 Å². The van der Waals surface area contributed by atoms with Crippen LogP contribution in [-0.4, -0.2) is 32.2 Å². The highest BCUT2D eigenvalue weighted by molar-refractivity contribution is 7.93. The van der Waals surface area contributed by atoms with Gasteiger partial charge in [0.2, 0.25) is 10.0 Å². The number of methoxy groups -OCH3 is 1. The number of nitrogens with one attached hydrogen (secondary N) is 1. The lowest BCUT2D eigenvalue weighted by Crippen LogP contribution is -2.24. The standard InChI is InChI=1S/C8H11N3O4S/c1-15-7(12)5-16(13,14)11-8-6(9)3-2-4-10-8/h2-4H,5,9H2,1H3,(H,10,11). The second-order valence-electron chi connectivity index (χ2n) is 2.88. The quantitative estimate of drug-likeness (QED) is 0.697. The normalized spacial score (nSPS) is 10.8. The van der Waals surface area contributed by atoms with E-state index in [-0.39, 0.29) is 11.5 Å². The zero-order valence-corrected chi connectivity index (χ0v) is 9.32. The fraction of sp³-hybridized carbons (Fsp3) is 0.250. The van der Waals surface area contributed by atoms with Crippen molar-refractivity contribution >= 4 is 27.5 Å². The van der Waals surface area contributed by atoms with Gasteiger partial charge < -0.3 is 10.5 Å². The topological polar surface area (TPSA) is 111 Å². The summed E-state index contributed by atoms with van der Waals surface area (Å²) in [5.74, 6) is -1.65. The lowest BCUT2D eigenvalue weighted by molar-refractivity contribution is -0.137. The Kier molecular flexibility index (Phi) is 3.67. The van der Waals surface area contributed by atoms with E-state index in [9.17, 15) is 13.2 Å². The molecule has 88 valence electrons. The van der Waals surface area contributed by atoms with E-state index in [1.165, 1.54) is 12.3 Å². The number of ether oxygens (including phenoxy) is 1. The number of hydrogen-bond donors (Lipinski definition) is 2. The Morgan fingerprint density at radius 1 is 1.62 bits per heavy atom. The molecule has 0 fully saturated rings. The SMILES string of the molecule is COC(=O)CS(=O)(=O)Nc1ncccc1N. The molecule has 16 heavy (non-hydrogen) atoms. The third-order valence-corrected chi connectivity index (χ3v) is 2.75. The van der Waals surface area contributed by atoms with Crippen LogP contribution in [0.15, 0.2) is 18.3 Å². The van der Waals surface area contributed by atoms with Gasteiger partial charge in [0.25, 0.3) is 0 Å². The van der Waals surface area contributed by atoms with Crippen LogP contribution in [0, 0.1) is 0 Å². The van der Waals surface area contributed by atoms with E-state index in [0.717, 1.165) is 7.11 Å². The first kappa shape index (κ1) is 12.2. The molecule has 0 spiro atoms. The molecule has 0 aromatic carbocycles. The third-order valence-electron chi connectivity index (χ3n) is 1.63. The molecule has 0 aliphatic carbocycles. The van der Waals surface area contributed by atoms with E-state index in [1.54, 1.807) is 6.07 Å². The highest BCUT2D eigenvalue weighted by Gasteiger charge is 2.18. The maximum absolute atomic E-state index is 11.4. The Morgan fingerprint density at radius 3 is 2.88 bits per heavy atom. The van der Waals surface area contributed by atoms with Crippen LogP contribution in [0.5, 0.6) is 0 Å². The van der Waals surface area contributed by atoms with Gasteiger partial charge in [-0.1, -0.05) is 0 Å². The van der Waals surface area contributed by atoms with Crippen molar-refractivity contribution in [1.82, 2.24) is 4.98 Å². The summed E-state index contributed by atoms with van der Waals surface area (Å²) in [6.07, 6.45) is 1.38. The van der Waals surface area contributed by atoms with Crippen LogP contribution >= 0.6 is 0 Å². The minimum atomic E-state index is -3.84. The van der Waals surface area contributed by atoms with E-state index in [0.29, 0.717) is 0 Å². The van der Waals surface area contributed by atoms with Crippen molar-refractivity contribution in [3.63, 3.8) is 0 Å². The molecular formula is C8H11N3O4S. The van der Waals surface area contributed by atoms with Gasteiger partial charge in [0, 0.05) is 6.20 Å². The molecular weight excluding hydrogens is 234 g/mol. The number of carbonyl (C=O) groups is 1. The molecule has 0 radical (unpaired) electrons. The first-order chi connectivity index (χ1) is 7.44. The van der Waals surface area contributed by atoms with E-state index >= 15 is 0 Å². The molecule has 0 unspecified atom stereocenters. The summed E-state index contributed by atoms with van der Waals surface area (Å²) in [6.45, 7) is 0. The number of carbonyl (C=O) groups excluding carboxylic acids is 1. The number of nitrogens with two attached hydrogens (primary N) is 1. The van der Waals surface area contributed by atoms with Crippen molar-refractivity contribution in [1.29, 1.82) is 0 Å². The van der Waals surface area contributed by atoms with Crippen molar-refractivity contribution in [2.75, 3.05) is 23.3 Å². The fourth-order valence-electron chi connectivity index (χ4n) is 0.900. The second-order valence-corrected chi connectivity index (χ2v) is 4.60. The van der Waals surface area contributed by atoms with E-state index < -0.39 is 21.7 Å². The molecule has 1 aromatic heterocycles. The van der Waals surface area contributed by atoms with Crippen LogP contribution in [0.3, 0.4) is 0 Å². The maximum atomic E-state index is 11.4. The third kappa shape index (κ3) is 3.39. The number of sulfonamides is 1. The average Bonchev–Trinajstić information content (AvgIpc) is 2.20. The Bertz CT molecular complexity index is 486. The summed E-state index contributed by atoms with van der Waals surface area (Å²) in [6, 6.07) is 3.05. The summed E-state index contributed by atoms with van der Waals surface area (Å²) in [5, 5.41) is 0. The lowest BCUT2D eigenvalue weighted by Gasteiger charge is -2.07. The van der Waals surface area contributed by atoms with Gasteiger partial charge in [0.15, 0.2) is 11.6 Å². The molecule has 0 saturated carbocycles. The van der Waals surface area contributed by atoms with Crippen molar-refractivity contribution in [3.05, 3.63) is 18.3 Å². The minimum Gasteiger partial charge on any atom is -0.468 e. The summed E-state index contributed by atoms with van der Waals surface area (Å²) < 4.78 is 29.2. The maximum Gasteiger partial charge on any atom is 0.322 e. The number of nitrogen functional groups attached to an aromatic ring is 1. The fourth-order valence-corrected chi connectivity index (χ4v) is 1.87. The predicted octanol–water partition coefficient (Wildman–Crippen LogP) is -0.422. The highest BCUT2D eigenvalue weighted by Crippen LogP contribution is 2.14. The number of nitrogens with zero attached hydrogens (tertiary/aromatic N) is 1. The Morgan fingerprint density at radius 2 is 2.31 bits per heavy atom. The van der Waals surface area contributed by atoms with Gasteiger partial charge in [-0.2, -0.15) is 0 Å². The zero-order valence-electron chi connectivity index (χ0n) is 8.50. The van der Waals surface area contributed by atoms with Crippen LogP contribution in [-0.2, 0) is 19.6 Å². The first-order valence-electron chi connectivity index (χ1n) is 4.22. The Balaban J connectivity index is 2.81. The first-order valence-corrected chi connectivity index (χ1v) is 5.87. The smallest absolute Gasteiger partial charge is 0.322 e. The zero-order chi connectivity index (χ0) is 12.2. The number of hydrogen-bond acceptors (Lipinski definition) is 6. The number of pyridine rings is 1. The minimum absolute atomic E-state index is 0.00796. The summed E-state index contributed by atoms with van der Waals surface area (Å²) in [5.41, 5.74) is 5.66. The molecule has 0 saturated heterocycles. The highest BCUT2D eigenvalue weighted by atomic mass is 32.2. The Hall–Kier alpha value is -1.83. The monoisotopic (exact) mass is 245 g/mol. The molecule has 0 aliphatic heterocycles. The molecule has 1 heterocycles. The number of aromatic nitrogens is 1. The van der Waals surface area contributed by atoms with Gasteiger partial charge in [0.1, 0.15) is 0 Å². The van der Waals surface area contributed by atoms with Gasteiger partial charge in [-0.3, -0.25) is 9.52 Å². The van der Waals surface area contributed by atoms with Crippen molar-refractivity contribution in [2.45, 2.75) is 0 Å². The summed E-state index contributed by atoms with van der Waals surface area (Å²) in [7, 11) is -2.73. The van der Waals surface area contributed by atoms with Crippen molar-refractivity contribution in [2.24, 2.45) is 0 Å². The van der Waals surface area contributed by atoms with Gasteiger partial charge in [-0.15, -0.1) is 0 Å². The van der Waals surface area contributed by atoms with Crippen molar-refractivity contribution < 1.29 is 17.9 Å². The second kappa shape index (κ2) is 4.79. The number of anilines is 2. The molecule has 0 aliphatic rings. The van der Waals surface area contributed by atoms with Gasteiger partial charge in [-0.25, -0.2) is 13.4 Å².